The summed E-state index contributed by atoms with van der Waals surface area (Å²) in [6.45, 7) is 4.57. The van der Waals surface area contributed by atoms with E-state index in [4.69, 9.17) is 37.3 Å². The Kier molecular flexibility index (Phi) is 15.1. The summed E-state index contributed by atoms with van der Waals surface area (Å²) in [5, 5.41) is 1.37. The molecule has 11 nitrogen and oxygen atoms in total. The van der Waals surface area contributed by atoms with E-state index in [1.807, 2.05) is 12.1 Å². The van der Waals surface area contributed by atoms with Crippen molar-refractivity contribution in [2.75, 3.05) is 40.6 Å². The third kappa shape index (κ3) is 12.1. The number of hydrogen-bond donors (Lipinski definition) is 0. The van der Waals surface area contributed by atoms with E-state index in [0.29, 0.717) is 92.9 Å². The topological polar surface area (TPSA) is 133 Å². The normalized spacial score (nSPS) is 12.0. The first kappa shape index (κ1) is 45.0. The van der Waals surface area contributed by atoms with Crippen molar-refractivity contribution in [3.05, 3.63) is 130 Å². The van der Waals surface area contributed by atoms with Crippen LogP contribution in [0.2, 0.25) is 0 Å². The maximum absolute atomic E-state index is 13.5. The van der Waals surface area contributed by atoms with Crippen molar-refractivity contribution in [2.24, 2.45) is 5.92 Å². The zero-order chi connectivity index (χ0) is 44.2. The number of halogens is 3. The molecule has 1 unspecified atom stereocenters. The fourth-order valence-electron chi connectivity index (χ4n) is 6.87. The van der Waals surface area contributed by atoms with Crippen LogP contribution in [0.1, 0.15) is 39.0 Å². The number of methoxy groups -OCH3 is 2. The van der Waals surface area contributed by atoms with Gasteiger partial charge in [-0.05, 0) is 81.1 Å². The summed E-state index contributed by atoms with van der Waals surface area (Å²) in [5.74, 6) is 0.0821. The number of hydrogen-bond acceptors (Lipinski definition) is 11. The minimum absolute atomic E-state index is 0.0758. The predicted octanol–water partition coefficient (Wildman–Crippen LogP) is 10.3. The number of benzene rings is 4. The van der Waals surface area contributed by atoms with Crippen LogP contribution in [-0.4, -0.2) is 58.9 Å². The van der Waals surface area contributed by atoms with Crippen molar-refractivity contribution in [1.29, 1.82) is 0 Å². The maximum atomic E-state index is 13.5. The van der Waals surface area contributed by atoms with E-state index in [2.05, 4.69) is 6.58 Å². The number of fused-ring (bicyclic) bond motifs is 2. The number of carbonyl (C=O) groups is 1. The minimum atomic E-state index is -4.51. The Morgan fingerprint density at radius 3 is 1.61 bits per heavy atom. The van der Waals surface area contributed by atoms with Crippen LogP contribution in [0.3, 0.4) is 0 Å². The van der Waals surface area contributed by atoms with Gasteiger partial charge in [0.15, 0.2) is 0 Å². The number of rotatable bonds is 21. The van der Waals surface area contributed by atoms with Gasteiger partial charge in [0.25, 0.3) is 0 Å². The number of esters is 1. The second-order valence-electron chi connectivity index (χ2n) is 14.7. The Bertz CT molecular complexity index is 2460. The highest BCUT2D eigenvalue weighted by molar-refractivity contribution is 5.87. The van der Waals surface area contributed by atoms with Crippen molar-refractivity contribution in [1.82, 2.24) is 0 Å². The van der Waals surface area contributed by atoms with Gasteiger partial charge in [0, 0.05) is 45.5 Å². The van der Waals surface area contributed by atoms with E-state index in [0.717, 1.165) is 0 Å². The molecule has 6 rings (SSSR count). The van der Waals surface area contributed by atoms with Gasteiger partial charge < -0.3 is 37.3 Å². The molecule has 0 fully saturated rings. The second-order valence-corrected chi connectivity index (χ2v) is 14.7. The van der Waals surface area contributed by atoms with Crippen LogP contribution in [0, 0.1) is 5.92 Å². The van der Waals surface area contributed by atoms with Crippen LogP contribution < -0.4 is 30.2 Å². The molecule has 0 aliphatic rings. The van der Waals surface area contributed by atoms with E-state index in [9.17, 15) is 27.6 Å². The molecule has 0 N–H and O–H groups in total. The van der Waals surface area contributed by atoms with Crippen molar-refractivity contribution >= 4 is 27.9 Å². The molecule has 0 amide bonds. The van der Waals surface area contributed by atoms with Gasteiger partial charge in [0.2, 0.25) is 0 Å². The Morgan fingerprint density at radius 1 is 0.677 bits per heavy atom. The molecule has 0 aliphatic carbocycles. The third-order valence-electron chi connectivity index (χ3n) is 9.97. The monoisotopic (exact) mass is 856 g/mol. The second kappa shape index (κ2) is 20.8. The first-order chi connectivity index (χ1) is 29.8. The fourth-order valence-corrected chi connectivity index (χ4v) is 6.87. The summed E-state index contributed by atoms with van der Waals surface area (Å²) in [7, 11) is 3.05. The molecule has 0 saturated heterocycles. The highest BCUT2D eigenvalue weighted by Crippen LogP contribution is 2.32. The number of para-hydroxylation sites is 2. The minimum Gasteiger partial charge on any atom is -0.496 e. The Morgan fingerprint density at radius 2 is 1.16 bits per heavy atom. The van der Waals surface area contributed by atoms with E-state index < -0.39 is 48.4 Å². The Hall–Kier alpha value is -6.54. The predicted molar refractivity (Wildman–Crippen MR) is 228 cm³/mol. The summed E-state index contributed by atoms with van der Waals surface area (Å²) < 4.78 is 85.8. The molecule has 2 heterocycles. The van der Waals surface area contributed by atoms with Gasteiger partial charge in [-0.1, -0.05) is 43.0 Å². The van der Waals surface area contributed by atoms with Gasteiger partial charge in [0.05, 0.1) is 64.3 Å². The number of alkyl halides is 3. The van der Waals surface area contributed by atoms with Crippen LogP contribution in [-0.2, 0) is 14.3 Å². The van der Waals surface area contributed by atoms with Crippen LogP contribution >= 0.6 is 0 Å². The molecule has 2 aromatic heterocycles. The van der Waals surface area contributed by atoms with E-state index in [1.165, 1.54) is 21.1 Å². The Labute approximate surface area is 355 Å². The van der Waals surface area contributed by atoms with Gasteiger partial charge in [0.1, 0.15) is 34.2 Å². The fraction of sp³-hybridized carbons (Fsp3) is 0.312. The average molecular weight is 857 g/mol. The van der Waals surface area contributed by atoms with Gasteiger partial charge in [-0.15, -0.1) is 0 Å². The first-order valence-electron chi connectivity index (χ1n) is 20.0. The van der Waals surface area contributed by atoms with Crippen molar-refractivity contribution in [2.45, 2.75) is 51.3 Å². The molecule has 4 aromatic carbocycles. The summed E-state index contributed by atoms with van der Waals surface area (Å²) in [4.78, 5) is 37.9. The van der Waals surface area contributed by atoms with E-state index in [1.54, 1.807) is 84.9 Å². The van der Waals surface area contributed by atoms with Crippen LogP contribution in [0.5, 0.6) is 23.0 Å². The van der Waals surface area contributed by atoms with Gasteiger partial charge in [-0.2, -0.15) is 13.2 Å². The summed E-state index contributed by atoms with van der Waals surface area (Å²) in [5.41, 5.74) is 1.60. The van der Waals surface area contributed by atoms with Crippen LogP contribution in [0.25, 0.3) is 44.2 Å². The van der Waals surface area contributed by atoms with Gasteiger partial charge >= 0.3 is 23.4 Å². The molecular weight excluding hydrogens is 810 g/mol. The van der Waals surface area contributed by atoms with Crippen molar-refractivity contribution < 1.29 is 55.2 Å². The van der Waals surface area contributed by atoms with E-state index >= 15 is 0 Å². The van der Waals surface area contributed by atoms with E-state index in [-0.39, 0.29) is 25.4 Å². The lowest BCUT2D eigenvalue weighted by molar-refractivity contribution is -0.162. The molecule has 62 heavy (non-hydrogen) atoms. The molecule has 1 atom stereocenters. The van der Waals surface area contributed by atoms with Crippen LogP contribution in [0.4, 0.5) is 13.2 Å². The first-order valence-corrected chi connectivity index (χ1v) is 20.0. The lowest BCUT2D eigenvalue weighted by Crippen LogP contribution is -2.28. The smallest absolute Gasteiger partial charge is 0.389 e. The molecular formula is C48H47F3O11. The molecule has 14 heteroatoms. The number of ether oxygens (including phenoxy) is 6. The molecule has 0 saturated carbocycles. The number of carbonyl (C=O) groups excluding carboxylic acids is 1. The Balaban J connectivity index is 1.09. The highest BCUT2D eigenvalue weighted by Gasteiger charge is 2.33. The zero-order valence-electron chi connectivity index (χ0n) is 34.6. The van der Waals surface area contributed by atoms with Crippen molar-refractivity contribution in [3.8, 4) is 45.3 Å². The lowest BCUT2D eigenvalue weighted by atomic mass is 10.0. The third-order valence-corrected chi connectivity index (χ3v) is 9.97. The summed E-state index contributed by atoms with van der Waals surface area (Å²) in [6.07, 6.45) is -4.43. The van der Waals surface area contributed by atoms with Crippen LogP contribution in [0.15, 0.2) is 128 Å². The average Bonchev–Trinajstić information content (AvgIpc) is 3.25. The largest absolute Gasteiger partial charge is 0.496 e. The molecule has 0 aliphatic heterocycles. The highest BCUT2D eigenvalue weighted by atomic mass is 19.4. The maximum Gasteiger partial charge on any atom is 0.389 e. The standard InChI is InChI=1S/C48H47F3O11/c1-30(2)45(52)60-29-31(27-48(49,50)51)28-59-34(11-9-21-57-35-19-17-32-23-39(46(53)61-43(32)25-35)37-13-5-7-15-41(37)55-3)12-10-22-58-36-20-18-33-24-40(47(54)62-44(33)26-36)38-14-6-8-16-42(38)56-4/h5-8,13-20,23-26,31,34H,1,9-12,21-22,27-29H2,2-4H3. The quantitative estimate of drug-likeness (QED) is 0.0296. The van der Waals surface area contributed by atoms with Gasteiger partial charge in [-0.3, -0.25) is 0 Å². The summed E-state index contributed by atoms with van der Waals surface area (Å²) in [6, 6.07) is 28.1. The molecule has 0 radical (unpaired) electrons. The van der Waals surface area contributed by atoms with Gasteiger partial charge in [-0.25, -0.2) is 14.4 Å². The molecule has 0 bridgehead atoms. The zero-order valence-corrected chi connectivity index (χ0v) is 34.6. The molecule has 0 spiro atoms. The lowest BCUT2D eigenvalue weighted by Gasteiger charge is -2.23. The molecule has 6 aromatic rings. The molecule has 326 valence electrons. The SMILES string of the molecule is C=C(C)C(=O)OCC(COC(CCCOc1ccc2cc(-c3ccccc3OC)c(=O)oc2c1)CCCOc1ccc2cc(-c3ccccc3OC)c(=O)oc2c1)CC(F)(F)F. The summed E-state index contributed by atoms with van der Waals surface area (Å²) >= 11 is 0. The van der Waals surface area contributed by atoms with Crippen molar-refractivity contribution in [3.63, 3.8) is 0 Å².